The number of aliphatic carboxylic acids is 1. The summed E-state index contributed by atoms with van der Waals surface area (Å²) >= 11 is 0. The maximum atomic E-state index is 15.0. The quantitative estimate of drug-likeness (QED) is 0.534. The van der Waals surface area contributed by atoms with Gasteiger partial charge in [-0.05, 0) is 80.2 Å². The second kappa shape index (κ2) is 9.43. The summed E-state index contributed by atoms with van der Waals surface area (Å²) in [6, 6.07) is 1.78. The van der Waals surface area contributed by atoms with Crippen LogP contribution in [-0.2, 0) is 4.79 Å². The van der Waals surface area contributed by atoms with Crippen LogP contribution in [0.25, 0.3) is 0 Å². The van der Waals surface area contributed by atoms with E-state index in [2.05, 4.69) is 5.10 Å². The number of carboxylic acids is 1. The molecular weight excluding hydrogens is 423 g/mol. The van der Waals surface area contributed by atoms with Gasteiger partial charge in [-0.25, -0.2) is 14.2 Å². The Balaban J connectivity index is 1.22. The van der Waals surface area contributed by atoms with E-state index in [1.165, 1.54) is 50.8 Å². The fraction of sp³-hybridized carbons (Fsp3) is 0.654. The lowest BCUT2D eigenvalue weighted by atomic mass is 9.67. The number of rotatable bonds is 8. The van der Waals surface area contributed by atoms with E-state index in [1.807, 2.05) is 0 Å². The number of halogens is 1. The second-order valence-corrected chi connectivity index (χ2v) is 10.4. The van der Waals surface area contributed by atoms with Crippen LogP contribution in [0.1, 0.15) is 92.5 Å². The van der Waals surface area contributed by atoms with Crippen molar-refractivity contribution in [1.29, 1.82) is 0 Å². The largest absolute Gasteiger partial charge is 0.493 e. The first-order chi connectivity index (χ1) is 16.0. The van der Waals surface area contributed by atoms with Crippen LogP contribution in [-0.4, -0.2) is 40.9 Å². The van der Waals surface area contributed by atoms with E-state index in [-0.39, 0.29) is 17.9 Å². The maximum Gasteiger partial charge on any atom is 0.329 e. The van der Waals surface area contributed by atoms with Crippen LogP contribution in [0.5, 0.6) is 5.75 Å². The van der Waals surface area contributed by atoms with E-state index < -0.39 is 23.7 Å². The zero-order chi connectivity index (χ0) is 22.9. The second-order valence-electron chi connectivity index (χ2n) is 10.4. The van der Waals surface area contributed by atoms with Crippen LogP contribution in [0.2, 0.25) is 0 Å². The Labute approximate surface area is 194 Å². The van der Waals surface area contributed by atoms with Crippen molar-refractivity contribution in [3.8, 4) is 5.75 Å². The topological polar surface area (TPSA) is 79.2 Å². The molecule has 7 heteroatoms. The van der Waals surface area contributed by atoms with Gasteiger partial charge in [0.25, 0.3) is 5.91 Å². The van der Waals surface area contributed by atoms with Crippen molar-refractivity contribution >= 4 is 18.1 Å². The lowest BCUT2D eigenvalue weighted by Crippen LogP contribution is -2.38. The van der Waals surface area contributed by atoms with Gasteiger partial charge in [0, 0.05) is 18.7 Å². The van der Waals surface area contributed by atoms with Gasteiger partial charge in [-0.3, -0.25) is 4.79 Å². The highest BCUT2D eigenvalue weighted by molar-refractivity contribution is 5.99. The first-order valence-corrected chi connectivity index (χ1v) is 12.5. The summed E-state index contributed by atoms with van der Waals surface area (Å²) in [7, 11) is 0. The molecule has 1 heterocycles. The van der Waals surface area contributed by atoms with Crippen LogP contribution in [0.4, 0.5) is 4.39 Å². The number of carbonyl (C=O) groups excluding carboxylic acids is 1. The van der Waals surface area contributed by atoms with Crippen molar-refractivity contribution in [2.45, 2.75) is 82.6 Å². The molecule has 3 fully saturated rings. The third kappa shape index (κ3) is 4.92. The third-order valence-electron chi connectivity index (χ3n) is 7.91. The minimum absolute atomic E-state index is 0.127. The maximum absolute atomic E-state index is 15.0. The smallest absolute Gasteiger partial charge is 0.329 e. The molecule has 0 saturated heterocycles. The highest BCUT2D eigenvalue weighted by Gasteiger charge is 2.36. The summed E-state index contributed by atoms with van der Waals surface area (Å²) in [4.78, 5) is 24.3. The van der Waals surface area contributed by atoms with Crippen molar-refractivity contribution < 1.29 is 23.8 Å². The van der Waals surface area contributed by atoms with E-state index in [9.17, 15) is 19.1 Å². The van der Waals surface area contributed by atoms with Crippen molar-refractivity contribution in [2.75, 3.05) is 6.61 Å². The molecular formula is C26H33FN2O4. The Morgan fingerprint density at radius 1 is 1.12 bits per heavy atom. The number of carbonyl (C=O) groups is 2. The molecule has 3 saturated carbocycles. The predicted octanol–water partition coefficient (Wildman–Crippen LogP) is 5.36. The summed E-state index contributed by atoms with van der Waals surface area (Å²) in [5, 5.41) is 14.1. The SMILES string of the molecule is O=C(O)C1CC=NN1C(=O)c1cc(C2CC2)c(OCCCC2CC3CCCC(C2)C3)cc1F. The van der Waals surface area contributed by atoms with E-state index in [0.29, 0.717) is 12.4 Å². The minimum atomic E-state index is -1.15. The minimum Gasteiger partial charge on any atom is -0.493 e. The number of benzene rings is 1. The number of hydrazone groups is 1. The highest BCUT2D eigenvalue weighted by atomic mass is 19.1. The van der Waals surface area contributed by atoms with Gasteiger partial charge in [-0.1, -0.05) is 19.3 Å². The molecule has 1 N–H and O–H groups in total. The molecule has 3 atom stereocenters. The molecule has 0 spiro atoms. The molecule has 3 unspecified atom stereocenters. The van der Waals surface area contributed by atoms with Gasteiger partial charge in [0.2, 0.25) is 0 Å². The zero-order valence-corrected chi connectivity index (χ0v) is 19.0. The normalized spacial score (nSPS) is 28.7. The number of nitrogens with zero attached hydrogens (tertiary/aromatic N) is 2. The summed E-state index contributed by atoms with van der Waals surface area (Å²) in [5.74, 6) is 0.866. The molecule has 2 bridgehead atoms. The zero-order valence-electron chi connectivity index (χ0n) is 19.0. The molecule has 0 aromatic heterocycles. The van der Waals surface area contributed by atoms with Crippen LogP contribution in [0.3, 0.4) is 0 Å². The van der Waals surface area contributed by atoms with Gasteiger partial charge in [-0.15, -0.1) is 0 Å². The number of hydrogen-bond donors (Lipinski definition) is 1. The third-order valence-corrected chi connectivity index (χ3v) is 7.91. The van der Waals surface area contributed by atoms with Crippen molar-refractivity contribution in [2.24, 2.45) is 22.9 Å². The Kier molecular flexibility index (Phi) is 6.39. The molecule has 5 rings (SSSR count). The van der Waals surface area contributed by atoms with Gasteiger partial charge in [-0.2, -0.15) is 5.10 Å². The van der Waals surface area contributed by atoms with Crippen molar-refractivity contribution in [3.05, 3.63) is 29.1 Å². The Morgan fingerprint density at radius 2 is 1.88 bits per heavy atom. The number of ether oxygens (including phenoxy) is 1. The monoisotopic (exact) mass is 456 g/mol. The van der Waals surface area contributed by atoms with E-state index in [1.54, 1.807) is 6.07 Å². The van der Waals surface area contributed by atoms with E-state index >= 15 is 0 Å². The average Bonchev–Trinajstić information content (AvgIpc) is 3.51. The number of carboxylic acid groups (broad SMARTS) is 1. The first kappa shape index (κ1) is 22.4. The van der Waals surface area contributed by atoms with E-state index in [0.717, 1.165) is 54.0 Å². The molecule has 33 heavy (non-hydrogen) atoms. The average molecular weight is 457 g/mol. The van der Waals surface area contributed by atoms with Crippen LogP contribution in [0.15, 0.2) is 17.2 Å². The Morgan fingerprint density at radius 3 is 2.58 bits per heavy atom. The van der Waals surface area contributed by atoms with Crippen molar-refractivity contribution in [3.63, 3.8) is 0 Å². The summed E-state index contributed by atoms with van der Waals surface area (Å²) < 4.78 is 21.0. The molecule has 4 aliphatic rings. The Bertz CT molecular complexity index is 932. The predicted molar refractivity (Wildman–Crippen MR) is 122 cm³/mol. The first-order valence-electron chi connectivity index (χ1n) is 12.5. The van der Waals surface area contributed by atoms with Crippen LogP contribution < -0.4 is 4.74 Å². The van der Waals surface area contributed by atoms with Gasteiger partial charge < -0.3 is 9.84 Å². The van der Waals surface area contributed by atoms with Gasteiger partial charge in [0.1, 0.15) is 11.6 Å². The fourth-order valence-electron chi connectivity index (χ4n) is 6.17. The molecule has 1 aromatic carbocycles. The lowest BCUT2D eigenvalue weighted by molar-refractivity contribution is -0.141. The molecule has 1 amide bonds. The van der Waals surface area contributed by atoms with Gasteiger partial charge >= 0.3 is 5.97 Å². The number of fused-ring (bicyclic) bond motifs is 2. The number of hydrogen-bond acceptors (Lipinski definition) is 4. The van der Waals surface area contributed by atoms with E-state index in [4.69, 9.17) is 4.74 Å². The molecule has 0 radical (unpaired) electrons. The fourth-order valence-corrected chi connectivity index (χ4v) is 6.17. The standard InChI is InChI=1S/C26H33FN2O4/c27-22-15-24(33-10-2-5-18-12-16-3-1-4-17(11-16)13-18)20(19-6-7-19)14-21(22)25(30)29-23(26(31)32)8-9-28-29/h9,14-19,23H,1-8,10-13H2,(H,31,32). The van der Waals surface area contributed by atoms with Crippen molar-refractivity contribution in [1.82, 2.24) is 5.01 Å². The Hall–Kier alpha value is -2.44. The molecule has 3 aliphatic carbocycles. The summed E-state index contributed by atoms with van der Waals surface area (Å²) in [6.07, 6.45) is 13.9. The highest BCUT2D eigenvalue weighted by Crippen LogP contribution is 2.46. The van der Waals surface area contributed by atoms with Crippen LogP contribution >= 0.6 is 0 Å². The summed E-state index contributed by atoms with van der Waals surface area (Å²) in [5.41, 5.74) is 0.713. The van der Waals surface area contributed by atoms with Gasteiger partial charge in [0.05, 0.1) is 12.2 Å². The molecule has 1 aliphatic heterocycles. The lowest BCUT2D eigenvalue weighted by Gasteiger charge is -2.39. The number of amides is 1. The summed E-state index contributed by atoms with van der Waals surface area (Å²) in [6.45, 7) is 0.551. The van der Waals surface area contributed by atoms with Crippen LogP contribution in [0, 0.1) is 23.6 Å². The molecule has 6 nitrogen and oxygen atoms in total. The molecule has 1 aromatic rings. The van der Waals surface area contributed by atoms with Gasteiger partial charge in [0.15, 0.2) is 6.04 Å². The molecule has 178 valence electrons.